The number of amides is 1. The first-order chi connectivity index (χ1) is 12.5. The number of carboxylic acids is 1. The molecule has 5 nitrogen and oxygen atoms in total. The number of rotatable bonds is 5. The third-order valence-electron chi connectivity index (χ3n) is 4.58. The summed E-state index contributed by atoms with van der Waals surface area (Å²) in [5.41, 5.74) is 0.598. The maximum absolute atomic E-state index is 12.4. The fourth-order valence-electron chi connectivity index (χ4n) is 3.21. The van der Waals surface area contributed by atoms with Crippen LogP contribution in [0, 0.1) is 11.8 Å². The molecule has 0 aromatic heterocycles. The second-order valence-corrected chi connectivity index (χ2v) is 6.82. The van der Waals surface area contributed by atoms with Gasteiger partial charge in [-0.2, -0.15) is 0 Å². The Labute approximate surface area is 156 Å². The third kappa shape index (κ3) is 4.55. The summed E-state index contributed by atoms with van der Waals surface area (Å²) < 4.78 is 5.70. The molecule has 136 valence electrons. The second kappa shape index (κ2) is 8.23. The molecule has 1 fully saturated rings. The summed E-state index contributed by atoms with van der Waals surface area (Å²) in [5, 5.41) is 14.7. The molecule has 0 unspecified atom stereocenters. The zero-order valence-corrected chi connectivity index (χ0v) is 14.9. The molecule has 2 aromatic rings. The van der Waals surface area contributed by atoms with Crippen LogP contribution < -0.4 is 15.2 Å². The Morgan fingerprint density at radius 2 is 1.46 bits per heavy atom. The lowest BCUT2D eigenvalue weighted by atomic mass is 9.78. The van der Waals surface area contributed by atoms with Gasteiger partial charge in [0.25, 0.3) is 0 Å². The van der Waals surface area contributed by atoms with Gasteiger partial charge in [-0.25, -0.2) is 0 Å². The molecule has 0 bridgehead atoms. The van der Waals surface area contributed by atoms with Crippen molar-refractivity contribution in [1.82, 2.24) is 0 Å². The highest BCUT2D eigenvalue weighted by atomic mass is 35.5. The monoisotopic (exact) mass is 372 g/mol. The van der Waals surface area contributed by atoms with E-state index in [2.05, 4.69) is 5.32 Å². The molecule has 2 atom stereocenters. The minimum atomic E-state index is -1.14. The van der Waals surface area contributed by atoms with Gasteiger partial charge in [-0.05, 0) is 61.4 Å². The van der Waals surface area contributed by atoms with Gasteiger partial charge in [-0.15, -0.1) is 0 Å². The van der Waals surface area contributed by atoms with Crippen LogP contribution in [0.1, 0.15) is 25.7 Å². The number of anilines is 1. The predicted molar refractivity (Wildman–Crippen MR) is 97.1 cm³/mol. The van der Waals surface area contributed by atoms with Gasteiger partial charge in [0, 0.05) is 28.5 Å². The summed E-state index contributed by atoms with van der Waals surface area (Å²) in [6, 6.07) is 13.9. The highest BCUT2D eigenvalue weighted by Gasteiger charge is 2.31. The predicted octanol–water partition coefficient (Wildman–Crippen LogP) is 3.63. The molecule has 0 aliphatic heterocycles. The van der Waals surface area contributed by atoms with Gasteiger partial charge < -0.3 is 20.0 Å². The number of aliphatic carboxylic acids is 1. The first kappa shape index (κ1) is 18.3. The standard InChI is InChI=1S/C20H20ClNO4/c21-13-5-9-15(10-6-13)26-16-11-7-14(8-12-16)22-19(23)17-3-1-2-4-18(17)20(24)25/h5-12,17-18H,1-4H2,(H,22,23)(H,24,25)/p-1/t17-,18-/m1/s1. The molecule has 1 amide bonds. The summed E-state index contributed by atoms with van der Waals surface area (Å²) in [6.45, 7) is 0. The number of halogens is 1. The topological polar surface area (TPSA) is 78.5 Å². The molecule has 0 spiro atoms. The average molecular weight is 373 g/mol. The van der Waals surface area contributed by atoms with Crippen LogP contribution in [0.5, 0.6) is 11.5 Å². The van der Waals surface area contributed by atoms with Gasteiger partial charge in [-0.1, -0.05) is 24.4 Å². The van der Waals surface area contributed by atoms with E-state index in [0.717, 1.165) is 12.8 Å². The SMILES string of the molecule is O=C([O-])[C@@H]1CCCC[C@H]1C(=O)Nc1ccc(Oc2ccc(Cl)cc2)cc1. The van der Waals surface area contributed by atoms with Crippen molar-refractivity contribution in [3.63, 3.8) is 0 Å². The molecular formula is C20H19ClNO4-. The van der Waals surface area contributed by atoms with Crippen LogP contribution in [-0.2, 0) is 9.59 Å². The number of carbonyl (C=O) groups excluding carboxylic acids is 2. The lowest BCUT2D eigenvalue weighted by Gasteiger charge is -2.31. The molecule has 0 radical (unpaired) electrons. The van der Waals surface area contributed by atoms with E-state index in [1.54, 1.807) is 48.5 Å². The van der Waals surface area contributed by atoms with Gasteiger partial charge in [0.15, 0.2) is 0 Å². The van der Waals surface area contributed by atoms with Crippen molar-refractivity contribution in [2.45, 2.75) is 25.7 Å². The molecular weight excluding hydrogens is 354 g/mol. The van der Waals surface area contributed by atoms with Crippen molar-refractivity contribution in [2.75, 3.05) is 5.32 Å². The fourth-order valence-corrected chi connectivity index (χ4v) is 3.33. The van der Waals surface area contributed by atoms with Crippen molar-refractivity contribution >= 4 is 29.2 Å². The molecule has 1 N–H and O–H groups in total. The Hall–Kier alpha value is -2.53. The van der Waals surface area contributed by atoms with E-state index in [4.69, 9.17) is 16.3 Å². The summed E-state index contributed by atoms with van der Waals surface area (Å²) in [7, 11) is 0. The summed E-state index contributed by atoms with van der Waals surface area (Å²) >= 11 is 5.84. The highest BCUT2D eigenvalue weighted by molar-refractivity contribution is 6.30. The number of carbonyl (C=O) groups is 2. The maximum Gasteiger partial charge on any atom is 0.228 e. The number of ether oxygens (including phenoxy) is 1. The lowest BCUT2D eigenvalue weighted by Crippen LogP contribution is -2.42. The second-order valence-electron chi connectivity index (χ2n) is 6.39. The van der Waals surface area contributed by atoms with Crippen LogP contribution in [0.2, 0.25) is 5.02 Å². The molecule has 3 rings (SSSR count). The molecule has 2 aromatic carbocycles. The minimum Gasteiger partial charge on any atom is -0.550 e. The smallest absolute Gasteiger partial charge is 0.228 e. The minimum absolute atomic E-state index is 0.273. The van der Waals surface area contributed by atoms with Crippen molar-refractivity contribution < 1.29 is 19.4 Å². The van der Waals surface area contributed by atoms with E-state index in [-0.39, 0.29) is 5.91 Å². The van der Waals surface area contributed by atoms with E-state index < -0.39 is 17.8 Å². The van der Waals surface area contributed by atoms with Gasteiger partial charge in [-0.3, -0.25) is 4.79 Å². The van der Waals surface area contributed by atoms with Gasteiger partial charge in [0.05, 0.1) is 0 Å². The lowest BCUT2D eigenvalue weighted by molar-refractivity contribution is -0.313. The van der Waals surface area contributed by atoms with E-state index >= 15 is 0 Å². The Kier molecular flexibility index (Phi) is 5.78. The number of benzene rings is 2. The van der Waals surface area contributed by atoms with E-state index in [0.29, 0.717) is 35.1 Å². The maximum atomic E-state index is 12.4. The van der Waals surface area contributed by atoms with Crippen molar-refractivity contribution in [2.24, 2.45) is 11.8 Å². The first-order valence-electron chi connectivity index (χ1n) is 8.58. The van der Waals surface area contributed by atoms with Crippen molar-refractivity contribution in [3.8, 4) is 11.5 Å². The van der Waals surface area contributed by atoms with Gasteiger partial charge in [0.1, 0.15) is 11.5 Å². The third-order valence-corrected chi connectivity index (χ3v) is 4.83. The van der Waals surface area contributed by atoms with Crippen LogP contribution in [0.25, 0.3) is 0 Å². The molecule has 26 heavy (non-hydrogen) atoms. The molecule has 1 aliphatic carbocycles. The number of carboxylic acid groups (broad SMARTS) is 1. The van der Waals surface area contributed by atoms with E-state index in [9.17, 15) is 14.7 Å². The quantitative estimate of drug-likeness (QED) is 0.869. The zero-order valence-electron chi connectivity index (χ0n) is 14.1. The van der Waals surface area contributed by atoms with Crippen LogP contribution in [0.4, 0.5) is 5.69 Å². The van der Waals surface area contributed by atoms with Gasteiger partial charge >= 0.3 is 0 Å². The fraction of sp³-hybridized carbons (Fsp3) is 0.300. The number of hydrogen-bond acceptors (Lipinski definition) is 4. The first-order valence-corrected chi connectivity index (χ1v) is 8.96. The normalized spacial score (nSPS) is 19.6. The van der Waals surface area contributed by atoms with E-state index in [1.165, 1.54) is 0 Å². The summed E-state index contributed by atoms with van der Waals surface area (Å²) in [5.74, 6) is -1.39. The van der Waals surface area contributed by atoms with E-state index in [1.807, 2.05) is 0 Å². The highest BCUT2D eigenvalue weighted by Crippen LogP contribution is 2.31. The van der Waals surface area contributed by atoms with Crippen molar-refractivity contribution in [1.29, 1.82) is 0 Å². The molecule has 1 aliphatic rings. The molecule has 0 saturated heterocycles. The van der Waals surface area contributed by atoms with Crippen LogP contribution in [0.3, 0.4) is 0 Å². The number of nitrogens with one attached hydrogen (secondary N) is 1. The number of hydrogen-bond donors (Lipinski definition) is 1. The van der Waals surface area contributed by atoms with Gasteiger partial charge in [0.2, 0.25) is 5.91 Å². The van der Waals surface area contributed by atoms with Crippen LogP contribution >= 0.6 is 11.6 Å². The average Bonchev–Trinajstić information content (AvgIpc) is 2.65. The summed E-state index contributed by atoms with van der Waals surface area (Å²) in [6.07, 6.45) is 2.74. The molecule has 0 heterocycles. The van der Waals surface area contributed by atoms with Crippen LogP contribution in [-0.4, -0.2) is 11.9 Å². The Balaban J connectivity index is 1.62. The Bertz CT molecular complexity index is 773. The Morgan fingerprint density at radius 3 is 2.04 bits per heavy atom. The molecule has 1 saturated carbocycles. The largest absolute Gasteiger partial charge is 0.550 e. The zero-order chi connectivity index (χ0) is 18.5. The Morgan fingerprint density at radius 1 is 0.923 bits per heavy atom. The summed E-state index contributed by atoms with van der Waals surface area (Å²) in [4.78, 5) is 23.7. The van der Waals surface area contributed by atoms with Crippen LogP contribution in [0.15, 0.2) is 48.5 Å². The molecule has 6 heteroatoms. The van der Waals surface area contributed by atoms with Crippen molar-refractivity contribution in [3.05, 3.63) is 53.6 Å².